The summed E-state index contributed by atoms with van der Waals surface area (Å²) in [5, 5.41) is 0. The second-order valence-corrected chi connectivity index (χ2v) is 6.72. The number of likely N-dealkylation sites (tertiary alicyclic amines) is 1. The number of hydrogen-bond donors (Lipinski definition) is 1. The summed E-state index contributed by atoms with van der Waals surface area (Å²) in [6, 6.07) is 7.99. The van der Waals surface area contributed by atoms with Crippen molar-refractivity contribution in [2.24, 2.45) is 17.6 Å². The fourth-order valence-corrected chi connectivity index (χ4v) is 3.80. The second kappa shape index (κ2) is 5.56. The maximum absolute atomic E-state index is 12.7. The number of nitrogens with zero attached hydrogens (tertiary/aromatic N) is 2. The molecule has 0 radical (unpaired) electrons. The van der Waals surface area contributed by atoms with Gasteiger partial charge in [-0.2, -0.15) is 0 Å². The Hall–Kier alpha value is -1.59. The molecule has 1 aromatic rings. The molecule has 2 heterocycles. The van der Waals surface area contributed by atoms with E-state index in [1.807, 2.05) is 29.2 Å². The first-order chi connectivity index (χ1) is 10.7. The van der Waals surface area contributed by atoms with Crippen molar-refractivity contribution in [1.29, 1.82) is 0 Å². The predicted octanol–water partition coefficient (Wildman–Crippen LogP) is 1.08. The lowest BCUT2D eigenvalue weighted by atomic mass is 9.99. The van der Waals surface area contributed by atoms with Crippen LogP contribution in [0.4, 0.5) is 5.69 Å². The van der Waals surface area contributed by atoms with Crippen LogP contribution in [0.1, 0.15) is 12.8 Å². The molecule has 0 spiro atoms. The molecule has 0 aromatic heterocycles. The fourth-order valence-electron chi connectivity index (χ4n) is 3.80. The van der Waals surface area contributed by atoms with Crippen molar-refractivity contribution in [2.75, 3.05) is 37.7 Å². The second-order valence-electron chi connectivity index (χ2n) is 6.72. The highest BCUT2D eigenvalue weighted by atomic mass is 16.5. The first kappa shape index (κ1) is 14.0. The normalized spacial score (nSPS) is 28.3. The van der Waals surface area contributed by atoms with Gasteiger partial charge >= 0.3 is 0 Å². The van der Waals surface area contributed by atoms with Crippen LogP contribution in [0.15, 0.2) is 24.3 Å². The average molecular weight is 301 g/mol. The third kappa shape index (κ3) is 2.59. The number of nitrogens with two attached hydrogens (primary N) is 1. The molecule has 1 aliphatic carbocycles. The van der Waals surface area contributed by atoms with Crippen LogP contribution in [0.25, 0.3) is 0 Å². The average Bonchev–Trinajstić information content (AvgIpc) is 3.31. The number of benzene rings is 1. The van der Waals surface area contributed by atoms with Gasteiger partial charge < -0.3 is 15.4 Å². The van der Waals surface area contributed by atoms with Crippen LogP contribution in [0.3, 0.4) is 0 Å². The highest BCUT2D eigenvalue weighted by Gasteiger charge is 2.41. The number of carbonyl (C=O) groups excluding carboxylic acids is 1. The van der Waals surface area contributed by atoms with Gasteiger partial charge in [0.25, 0.3) is 0 Å². The topological polar surface area (TPSA) is 58.8 Å². The van der Waals surface area contributed by atoms with Crippen LogP contribution >= 0.6 is 0 Å². The van der Waals surface area contributed by atoms with E-state index in [0.717, 1.165) is 30.4 Å². The van der Waals surface area contributed by atoms with Gasteiger partial charge in [0.05, 0.1) is 18.8 Å². The summed E-state index contributed by atoms with van der Waals surface area (Å²) in [7, 11) is 0. The Morgan fingerprint density at radius 1 is 1.27 bits per heavy atom. The maximum atomic E-state index is 12.7. The zero-order valence-corrected chi connectivity index (χ0v) is 12.8. The number of fused-ring (bicyclic) bond motifs is 1. The Labute approximate surface area is 131 Å². The van der Waals surface area contributed by atoms with Crippen molar-refractivity contribution in [2.45, 2.75) is 18.9 Å². The van der Waals surface area contributed by atoms with E-state index in [2.05, 4.69) is 4.90 Å². The molecule has 1 saturated heterocycles. The molecule has 3 aliphatic rings. The van der Waals surface area contributed by atoms with Crippen molar-refractivity contribution in [1.82, 2.24) is 4.90 Å². The number of anilines is 1. The third-order valence-electron chi connectivity index (χ3n) is 5.10. The summed E-state index contributed by atoms with van der Waals surface area (Å²) >= 11 is 0. The fraction of sp³-hybridized carbons (Fsp3) is 0.588. The van der Waals surface area contributed by atoms with Crippen LogP contribution in [-0.2, 0) is 4.79 Å². The third-order valence-corrected chi connectivity index (χ3v) is 5.10. The van der Waals surface area contributed by atoms with E-state index < -0.39 is 0 Å². The van der Waals surface area contributed by atoms with E-state index in [9.17, 15) is 4.79 Å². The summed E-state index contributed by atoms with van der Waals surface area (Å²) in [6.07, 6.45) is 2.63. The van der Waals surface area contributed by atoms with E-state index in [4.69, 9.17) is 10.5 Å². The lowest BCUT2D eigenvalue weighted by Gasteiger charge is -2.30. The predicted molar refractivity (Wildman–Crippen MR) is 84.9 cm³/mol. The lowest BCUT2D eigenvalue weighted by Crippen LogP contribution is -2.44. The lowest BCUT2D eigenvalue weighted by molar-refractivity contribution is -0.119. The van der Waals surface area contributed by atoms with Crippen LogP contribution < -0.4 is 15.4 Å². The molecule has 2 atom stereocenters. The molecule has 0 unspecified atom stereocenters. The SMILES string of the molecule is N[C@H]1CN(CC(=O)N2CCOc3ccccc32)C[C@@H]1C1CC1. The van der Waals surface area contributed by atoms with Gasteiger partial charge in [0.15, 0.2) is 0 Å². The summed E-state index contributed by atoms with van der Waals surface area (Å²) in [5.41, 5.74) is 7.14. The number of para-hydroxylation sites is 2. The minimum atomic E-state index is 0.152. The van der Waals surface area contributed by atoms with Crippen LogP contribution in [0, 0.1) is 11.8 Å². The molecule has 2 fully saturated rings. The quantitative estimate of drug-likeness (QED) is 0.907. The van der Waals surface area contributed by atoms with Gasteiger partial charge in [0.2, 0.25) is 5.91 Å². The molecule has 5 heteroatoms. The Balaban J connectivity index is 1.43. The van der Waals surface area contributed by atoms with Gasteiger partial charge in [-0.15, -0.1) is 0 Å². The molecule has 4 rings (SSSR count). The molecule has 1 saturated carbocycles. The van der Waals surface area contributed by atoms with Crippen molar-refractivity contribution in [3.63, 3.8) is 0 Å². The van der Waals surface area contributed by atoms with Gasteiger partial charge in [-0.1, -0.05) is 12.1 Å². The molecule has 1 amide bonds. The Morgan fingerprint density at radius 2 is 2.09 bits per heavy atom. The van der Waals surface area contributed by atoms with Crippen LogP contribution in [0.5, 0.6) is 5.75 Å². The summed E-state index contributed by atoms with van der Waals surface area (Å²) in [5.74, 6) is 2.35. The number of rotatable bonds is 3. The molecular weight excluding hydrogens is 278 g/mol. The standard InChI is InChI=1S/C17H23N3O2/c18-14-10-19(9-13(14)12-5-6-12)11-17(21)20-7-8-22-16-4-2-1-3-15(16)20/h1-4,12-14H,5-11,18H2/t13-,14+/m1/s1. The van der Waals surface area contributed by atoms with Gasteiger partial charge in [-0.05, 0) is 36.8 Å². The maximum Gasteiger partial charge on any atom is 0.241 e. The number of amides is 1. The molecule has 0 bridgehead atoms. The summed E-state index contributed by atoms with van der Waals surface area (Å²) in [6.45, 7) is 3.47. The number of ether oxygens (including phenoxy) is 1. The smallest absolute Gasteiger partial charge is 0.241 e. The van der Waals surface area contributed by atoms with Crippen molar-refractivity contribution in [3.8, 4) is 5.75 Å². The van der Waals surface area contributed by atoms with E-state index >= 15 is 0 Å². The monoisotopic (exact) mass is 301 g/mol. The summed E-state index contributed by atoms with van der Waals surface area (Å²) < 4.78 is 5.62. The van der Waals surface area contributed by atoms with E-state index in [1.165, 1.54) is 12.8 Å². The largest absolute Gasteiger partial charge is 0.490 e. The van der Waals surface area contributed by atoms with Crippen LogP contribution in [0.2, 0.25) is 0 Å². The van der Waals surface area contributed by atoms with Gasteiger partial charge in [-0.25, -0.2) is 0 Å². The Bertz CT molecular complexity index is 573. The molecule has 2 N–H and O–H groups in total. The zero-order valence-electron chi connectivity index (χ0n) is 12.8. The molecule has 22 heavy (non-hydrogen) atoms. The van der Waals surface area contributed by atoms with E-state index in [0.29, 0.717) is 25.6 Å². The number of hydrogen-bond acceptors (Lipinski definition) is 4. The minimum absolute atomic E-state index is 0.152. The van der Waals surface area contributed by atoms with Crippen molar-refractivity contribution < 1.29 is 9.53 Å². The Morgan fingerprint density at radius 3 is 2.91 bits per heavy atom. The highest BCUT2D eigenvalue weighted by molar-refractivity contribution is 5.96. The van der Waals surface area contributed by atoms with E-state index in [-0.39, 0.29) is 11.9 Å². The van der Waals surface area contributed by atoms with Crippen LogP contribution in [-0.4, -0.2) is 49.6 Å². The molecule has 5 nitrogen and oxygen atoms in total. The summed E-state index contributed by atoms with van der Waals surface area (Å²) in [4.78, 5) is 16.8. The van der Waals surface area contributed by atoms with Gasteiger partial charge in [0, 0.05) is 19.1 Å². The molecule has 1 aromatic carbocycles. The first-order valence-corrected chi connectivity index (χ1v) is 8.22. The van der Waals surface area contributed by atoms with Gasteiger partial charge in [0.1, 0.15) is 12.4 Å². The highest BCUT2D eigenvalue weighted by Crippen LogP contribution is 2.41. The Kier molecular flexibility index (Phi) is 3.54. The first-order valence-electron chi connectivity index (χ1n) is 8.22. The number of carbonyl (C=O) groups is 1. The zero-order chi connectivity index (χ0) is 15.1. The van der Waals surface area contributed by atoms with Crippen molar-refractivity contribution in [3.05, 3.63) is 24.3 Å². The van der Waals surface area contributed by atoms with Gasteiger partial charge in [-0.3, -0.25) is 9.69 Å². The minimum Gasteiger partial charge on any atom is -0.490 e. The van der Waals surface area contributed by atoms with Crippen molar-refractivity contribution >= 4 is 11.6 Å². The molecule has 118 valence electrons. The van der Waals surface area contributed by atoms with E-state index in [1.54, 1.807) is 0 Å². The molecular formula is C17H23N3O2. The molecule has 2 aliphatic heterocycles.